The van der Waals surface area contributed by atoms with Crippen molar-refractivity contribution in [2.45, 2.75) is 180 Å². The average Bonchev–Trinajstić information content (AvgIpc) is 4.38. The van der Waals surface area contributed by atoms with Gasteiger partial charge in [-0.25, -0.2) is 9.59 Å². The second kappa shape index (κ2) is 38.6. The van der Waals surface area contributed by atoms with E-state index < -0.39 is 0 Å². The maximum Gasteiger partial charge on any atom is 0.349 e. The summed E-state index contributed by atoms with van der Waals surface area (Å²) in [6.07, 6.45) is 19.0. The van der Waals surface area contributed by atoms with E-state index in [9.17, 15) is 9.59 Å². The molecule has 8 heterocycles. The van der Waals surface area contributed by atoms with Crippen molar-refractivity contribution in [1.82, 2.24) is 39.5 Å². The van der Waals surface area contributed by atoms with Crippen LogP contribution < -0.4 is 22.0 Å². The first-order chi connectivity index (χ1) is 40.5. The highest BCUT2D eigenvalue weighted by molar-refractivity contribution is 8.00. The molecule has 8 rings (SSSR count). The van der Waals surface area contributed by atoms with E-state index in [2.05, 4.69) is 113 Å². The third kappa shape index (κ3) is 25.2. The van der Waals surface area contributed by atoms with E-state index in [1.54, 1.807) is 68.6 Å². The largest absolute Gasteiger partial charge is 0.378 e. The Hall–Kier alpha value is -3.66. The third-order valence-electron chi connectivity index (χ3n) is 12.5. The van der Waals surface area contributed by atoms with Gasteiger partial charge in [-0.05, 0) is 90.0 Å². The number of nitrogens with one attached hydrogen (secondary N) is 2. The summed E-state index contributed by atoms with van der Waals surface area (Å²) < 4.78 is 49.0. The highest BCUT2D eigenvalue weighted by Gasteiger charge is 2.34. The van der Waals surface area contributed by atoms with Crippen LogP contribution in [0.25, 0.3) is 0 Å². The fourth-order valence-corrected chi connectivity index (χ4v) is 12.5. The topological polar surface area (TPSA) is 199 Å². The van der Waals surface area contributed by atoms with E-state index in [1.807, 2.05) is 53.4 Å². The Bertz CT molecular complexity index is 2530. The van der Waals surface area contributed by atoms with Crippen LogP contribution in [0.1, 0.15) is 139 Å². The van der Waals surface area contributed by atoms with Crippen LogP contribution in [-0.2, 0) is 50.7 Å². The smallest absolute Gasteiger partial charge is 0.349 e. The monoisotopic (exact) mass is 1250 g/mol. The van der Waals surface area contributed by atoms with Gasteiger partial charge in [0.25, 0.3) is 0 Å². The fourth-order valence-electron chi connectivity index (χ4n) is 8.48. The standard InChI is InChI=1S/2C15H25N3O2S.2C15H24N2O3S/c1-6-19-9-14-20-13(10-21-14)18-8-7-12(16-11(18)2)17-15(3,4)5;1-4-7-16-13-6-8-18(12(3)17-13)14-11-21-15(20-14)10-19-9-5-2;1-4-5-12-6-7-17(15(18)16-12)13-10-21-14(20-13)9-19-8-11(2)3;1-3-5-9-19-10-14-20-13(11-21-14)17-8-7-12(6-4-2)16-15(17)18/h7-8,13-14H,2,6,9-10H2,1,3-5H3,(H,16,17);6,8,14-15H,3-5,7,9-11H2,1-2H3,(H,16,17);6-7,11,13-14H,4-5,8-10H2,1-3H3;7-8,13-14H,3-6,9-11H2,1-2H3/t13-,14+;14-,15+;2*13-,14+/m1111/s1. The molecule has 0 bridgehead atoms. The number of hydrogen-bond acceptors (Lipinski definition) is 20. The van der Waals surface area contributed by atoms with Gasteiger partial charge in [0.2, 0.25) is 0 Å². The highest BCUT2D eigenvalue weighted by Crippen LogP contribution is 2.34. The number of rotatable bonds is 26. The lowest BCUT2D eigenvalue weighted by Gasteiger charge is -2.32. The molecule has 0 radical (unpaired) electrons. The Balaban J connectivity index is 0.000000205. The molecule has 6 aliphatic rings. The summed E-state index contributed by atoms with van der Waals surface area (Å²) in [5.74, 6) is 7.15. The number of hydrogen-bond donors (Lipinski definition) is 2. The molecule has 8 atom stereocenters. The van der Waals surface area contributed by atoms with Crippen LogP contribution in [0.4, 0.5) is 0 Å². The van der Waals surface area contributed by atoms with Crippen LogP contribution >= 0.6 is 47.0 Å². The van der Waals surface area contributed by atoms with E-state index in [1.165, 1.54) is 0 Å². The molecule has 20 nitrogen and oxygen atoms in total. The molecule has 2 aromatic rings. The van der Waals surface area contributed by atoms with Gasteiger partial charge in [-0.2, -0.15) is 9.97 Å². The van der Waals surface area contributed by atoms with Crippen molar-refractivity contribution in [1.29, 1.82) is 0 Å². The number of aromatic nitrogens is 4. The van der Waals surface area contributed by atoms with Gasteiger partial charge in [0.05, 0.1) is 32.0 Å². The second-order valence-electron chi connectivity index (χ2n) is 21.8. The van der Waals surface area contributed by atoms with Gasteiger partial charge in [0.1, 0.15) is 70.0 Å². The van der Waals surface area contributed by atoms with Gasteiger partial charge in [0.15, 0.2) is 0 Å². The Morgan fingerprint density at radius 1 is 0.619 bits per heavy atom. The Labute approximate surface area is 517 Å². The maximum absolute atomic E-state index is 12.0. The van der Waals surface area contributed by atoms with E-state index in [4.69, 9.17) is 37.9 Å². The van der Waals surface area contributed by atoms with Gasteiger partial charge in [0, 0.05) is 92.2 Å². The molecule has 84 heavy (non-hydrogen) atoms. The predicted molar refractivity (Wildman–Crippen MR) is 345 cm³/mol. The van der Waals surface area contributed by atoms with Gasteiger partial charge in [-0.1, -0.05) is 80.9 Å². The SMILES string of the molecule is C=C1NC(=NC(C)(C)C)C=CN1[C@H]1CS[C@@H](COCC)O1.C=C1NC(=NCCC)C=CN1[C@H]1CS[C@@H](COCCC)O1.CCCCOC[C@H]1O[C@@H](n2ccc(CCC)nc2=O)CS1.CCCc1ccn([C@H]2CS[C@@H](COCC(C)C)O2)c(=O)n1. The summed E-state index contributed by atoms with van der Waals surface area (Å²) in [4.78, 5) is 45.4. The van der Waals surface area contributed by atoms with Gasteiger partial charge in [-0.15, -0.1) is 47.0 Å². The molecule has 4 fully saturated rings. The van der Waals surface area contributed by atoms with Crippen LogP contribution in [0.3, 0.4) is 0 Å². The molecule has 472 valence electrons. The van der Waals surface area contributed by atoms with Crippen molar-refractivity contribution >= 4 is 58.7 Å². The Morgan fingerprint density at radius 2 is 1.07 bits per heavy atom. The molecule has 0 aliphatic carbocycles. The zero-order valence-electron chi connectivity index (χ0n) is 51.9. The number of aryl methyl sites for hydroxylation is 2. The highest BCUT2D eigenvalue weighted by atomic mass is 32.2. The maximum atomic E-state index is 12.0. The Kier molecular flexibility index (Phi) is 32.7. The zero-order chi connectivity index (χ0) is 60.9. The summed E-state index contributed by atoms with van der Waals surface area (Å²) >= 11 is 6.94. The molecule has 4 saturated heterocycles. The van der Waals surface area contributed by atoms with Crippen LogP contribution in [0.5, 0.6) is 0 Å². The van der Waals surface area contributed by atoms with Crippen LogP contribution in [0, 0.1) is 5.92 Å². The van der Waals surface area contributed by atoms with E-state index in [-0.39, 0.29) is 63.6 Å². The first-order valence-electron chi connectivity index (χ1n) is 30.0. The minimum absolute atomic E-state index is 0.00373. The first-order valence-corrected chi connectivity index (χ1v) is 34.2. The summed E-state index contributed by atoms with van der Waals surface area (Å²) in [6, 6.07) is 3.81. The van der Waals surface area contributed by atoms with Gasteiger partial charge < -0.3 is 58.3 Å². The quantitative estimate of drug-likeness (QED) is 0.0843. The molecule has 6 aliphatic heterocycles. The normalized spacial score (nSPS) is 24.9. The predicted octanol–water partition coefficient (Wildman–Crippen LogP) is 10.1. The van der Waals surface area contributed by atoms with Crippen molar-refractivity contribution in [2.75, 3.05) is 82.4 Å². The van der Waals surface area contributed by atoms with E-state index in [0.29, 0.717) is 32.3 Å². The first kappa shape index (κ1) is 71.1. The molecule has 2 aromatic heterocycles. The lowest BCUT2D eigenvalue weighted by Crippen LogP contribution is -2.42. The van der Waals surface area contributed by atoms with E-state index in [0.717, 1.165) is 142 Å². The average molecular weight is 1250 g/mol. The van der Waals surface area contributed by atoms with Crippen molar-refractivity contribution in [3.63, 3.8) is 0 Å². The van der Waals surface area contributed by atoms with Gasteiger partial charge in [-0.3, -0.25) is 19.1 Å². The molecule has 24 heteroatoms. The minimum atomic E-state index is -0.238. The van der Waals surface area contributed by atoms with Crippen molar-refractivity contribution in [3.8, 4) is 0 Å². The molecule has 0 aromatic carbocycles. The Morgan fingerprint density at radius 3 is 1.50 bits per heavy atom. The summed E-state index contributed by atoms with van der Waals surface area (Å²) in [6.45, 7) is 37.4. The van der Waals surface area contributed by atoms with Gasteiger partial charge >= 0.3 is 11.4 Å². The lowest BCUT2D eigenvalue weighted by atomic mass is 10.1. The summed E-state index contributed by atoms with van der Waals surface area (Å²) in [5, 5.41) is 6.45. The van der Waals surface area contributed by atoms with Crippen molar-refractivity contribution < 1.29 is 37.9 Å². The van der Waals surface area contributed by atoms with Crippen LogP contribution in [0.15, 0.2) is 93.5 Å². The lowest BCUT2D eigenvalue weighted by molar-refractivity contribution is -0.0394. The number of amidine groups is 2. The molecule has 0 unspecified atom stereocenters. The third-order valence-corrected chi connectivity index (χ3v) is 16.9. The number of unbranched alkanes of at least 4 members (excludes halogenated alkanes) is 1. The summed E-state index contributed by atoms with van der Waals surface area (Å²) in [5.41, 5.74) is 1.35. The second-order valence-corrected chi connectivity index (χ2v) is 26.5. The molecule has 0 saturated carbocycles. The number of ether oxygens (including phenoxy) is 8. The molecular weight excluding hydrogens is 1150 g/mol. The van der Waals surface area contributed by atoms with Crippen LogP contribution in [-0.4, -0.2) is 163 Å². The molecular formula is C60H98N10O10S4. The van der Waals surface area contributed by atoms with Crippen molar-refractivity contribution in [3.05, 3.63) is 106 Å². The molecule has 2 N–H and O–H groups in total. The molecule has 0 amide bonds. The zero-order valence-corrected chi connectivity index (χ0v) is 55.1. The number of aliphatic imine (C=N–C) groups is 2. The molecule has 0 spiro atoms. The van der Waals surface area contributed by atoms with Crippen LogP contribution in [0.2, 0.25) is 0 Å². The fraction of sp³-hybridized carbons (Fsp3) is 0.700. The van der Waals surface area contributed by atoms with Crippen molar-refractivity contribution in [2.24, 2.45) is 15.9 Å². The summed E-state index contributed by atoms with van der Waals surface area (Å²) in [7, 11) is 0. The number of nitrogens with zero attached hydrogens (tertiary/aromatic N) is 8. The minimum Gasteiger partial charge on any atom is -0.378 e. The van der Waals surface area contributed by atoms with E-state index >= 15 is 0 Å². The number of thioether (sulfide) groups is 4.